The quantitative estimate of drug-likeness (QED) is 0.499. The minimum atomic E-state index is 1.25. The Labute approximate surface area is 58.9 Å². The summed E-state index contributed by atoms with van der Waals surface area (Å²) in [6, 6.07) is 8.36. The third-order valence-corrected chi connectivity index (χ3v) is 1.43. The molecule has 1 rings (SSSR count). The molecule has 0 saturated heterocycles. The fraction of sp³-hybridized carbons (Fsp3) is 0.333. The van der Waals surface area contributed by atoms with Crippen LogP contribution in [0.3, 0.4) is 0 Å². The first-order chi connectivity index (χ1) is 4.80. The molecule has 0 heteroatoms. The SMILES string of the molecule is Cc1ccccc1C.[3H]C. The van der Waals surface area contributed by atoms with Crippen molar-refractivity contribution in [2.45, 2.75) is 21.3 Å². The highest BCUT2D eigenvalue weighted by molar-refractivity contribution is 5.23. The molecule has 1 aromatic carbocycles. The summed E-state index contributed by atoms with van der Waals surface area (Å²) < 4.78 is 5.75. The molecule has 0 aliphatic heterocycles. The molecule has 9 heavy (non-hydrogen) atoms. The van der Waals surface area contributed by atoms with E-state index in [-0.39, 0.29) is 0 Å². The predicted octanol–water partition coefficient (Wildman–Crippen LogP) is 2.94. The lowest BCUT2D eigenvalue weighted by Gasteiger charge is -1.93. The molecular formula is C9H14. The van der Waals surface area contributed by atoms with Gasteiger partial charge in [0.1, 0.15) is 0 Å². The van der Waals surface area contributed by atoms with Gasteiger partial charge in [0, 0.05) is 1.37 Å². The van der Waals surface area contributed by atoms with Crippen LogP contribution in [0.1, 0.15) is 19.9 Å². The number of benzene rings is 1. The van der Waals surface area contributed by atoms with Gasteiger partial charge in [-0.2, -0.15) is 0 Å². The standard InChI is InChI=1S/C8H10.CH4/c1-7-5-3-4-6-8(7)2;/h3-6H,1-2H3;1H4/i;1T. The fourth-order valence-corrected chi connectivity index (χ4v) is 0.663. The highest BCUT2D eigenvalue weighted by Crippen LogP contribution is 2.02. The Morgan fingerprint density at radius 2 is 1.44 bits per heavy atom. The summed E-state index contributed by atoms with van der Waals surface area (Å²) in [5.74, 6) is 0. The Morgan fingerprint density at radius 3 is 1.67 bits per heavy atom. The van der Waals surface area contributed by atoms with Gasteiger partial charge in [-0.05, 0) is 25.0 Å². The van der Waals surface area contributed by atoms with Gasteiger partial charge in [-0.3, -0.25) is 0 Å². The first-order valence-corrected chi connectivity index (χ1v) is 2.83. The molecule has 0 atom stereocenters. The maximum absolute atomic E-state index is 5.75. The molecule has 0 nitrogen and oxygen atoms in total. The molecule has 0 aliphatic carbocycles. The van der Waals surface area contributed by atoms with Crippen LogP contribution in [-0.2, 0) is 0 Å². The van der Waals surface area contributed by atoms with Crippen molar-refractivity contribution in [1.29, 1.82) is 0 Å². The van der Waals surface area contributed by atoms with E-state index in [2.05, 4.69) is 38.1 Å². The summed E-state index contributed by atoms with van der Waals surface area (Å²) in [6.45, 7) is 4.24. The Balaban J connectivity index is 0.000000371. The molecule has 0 aromatic heterocycles. The monoisotopic (exact) mass is 124 g/mol. The average molecular weight is 124 g/mol. The van der Waals surface area contributed by atoms with Gasteiger partial charge in [-0.15, -0.1) is 0 Å². The van der Waals surface area contributed by atoms with E-state index in [9.17, 15) is 0 Å². The topological polar surface area (TPSA) is 0 Å². The van der Waals surface area contributed by atoms with Crippen LogP contribution in [0.4, 0.5) is 0 Å². The summed E-state index contributed by atoms with van der Waals surface area (Å²) in [4.78, 5) is 0. The molecule has 0 saturated carbocycles. The second-order valence-corrected chi connectivity index (χ2v) is 2.08. The van der Waals surface area contributed by atoms with E-state index in [1.54, 1.807) is 0 Å². The van der Waals surface area contributed by atoms with Crippen molar-refractivity contribution in [3.8, 4) is 0 Å². The zero-order valence-corrected chi connectivity index (χ0v) is 6.31. The van der Waals surface area contributed by atoms with Crippen LogP contribution in [0, 0.1) is 13.8 Å². The normalized spacial score (nSPS) is 9.00. The van der Waals surface area contributed by atoms with E-state index in [1.165, 1.54) is 18.5 Å². The van der Waals surface area contributed by atoms with Gasteiger partial charge in [0.15, 0.2) is 0 Å². The van der Waals surface area contributed by atoms with Crippen molar-refractivity contribution in [2.75, 3.05) is 0 Å². The number of aryl methyl sites for hydroxylation is 2. The Hall–Kier alpha value is -0.780. The Kier molecular flexibility index (Phi) is 2.32. The molecule has 0 fully saturated rings. The molecule has 0 bridgehead atoms. The van der Waals surface area contributed by atoms with Crippen molar-refractivity contribution in [2.24, 2.45) is 0 Å². The summed E-state index contributed by atoms with van der Waals surface area (Å²) in [6.07, 6.45) is 0. The summed E-state index contributed by atoms with van der Waals surface area (Å²) >= 11 is 0. The van der Waals surface area contributed by atoms with Gasteiger partial charge in [0.05, 0.1) is 0 Å². The average Bonchev–Trinajstić information content (AvgIpc) is 2.00. The van der Waals surface area contributed by atoms with Gasteiger partial charge in [0.2, 0.25) is 0 Å². The molecule has 1 aromatic rings. The van der Waals surface area contributed by atoms with Crippen LogP contribution >= 0.6 is 0 Å². The van der Waals surface area contributed by atoms with Crippen molar-refractivity contribution < 1.29 is 1.37 Å². The number of hydrogen-bond acceptors (Lipinski definition) is 0. The van der Waals surface area contributed by atoms with E-state index < -0.39 is 0 Å². The van der Waals surface area contributed by atoms with Crippen molar-refractivity contribution in [1.82, 2.24) is 0 Å². The molecule has 0 spiro atoms. The van der Waals surface area contributed by atoms with Crippen LogP contribution < -0.4 is 0 Å². The Bertz CT molecular complexity index is 161. The molecule has 0 unspecified atom stereocenters. The highest BCUT2D eigenvalue weighted by Gasteiger charge is 1.83. The van der Waals surface area contributed by atoms with Gasteiger partial charge in [0.25, 0.3) is 0 Å². The third kappa shape index (κ3) is 1.88. The van der Waals surface area contributed by atoms with Gasteiger partial charge >= 0.3 is 0 Å². The zero-order valence-electron chi connectivity index (χ0n) is 7.31. The van der Waals surface area contributed by atoms with Crippen LogP contribution in [0.2, 0.25) is 0 Å². The van der Waals surface area contributed by atoms with E-state index in [0.29, 0.717) is 0 Å². The maximum atomic E-state index is 5.75. The lowest BCUT2D eigenvalue weighted by atomic mass is 10.1. The van der Waals surface area contributed by atoms with Crippen molar-refractivity contribution in [3.05, 3.63) is 35.4 Å². The van der Waals surface area contributed by atoms with E-state index in [0.717, 1.165) is 0 Å². The molecule has 0 aliphatic rings. The molecule has 0 amide bonds. The Morgan fingerprint density at radius 1 is 1.11 bits per heavy atom. The van der Waals surface area contributed by atoms with Crippen LogP contribution in [0.5, 0.6) is 0 Å². The summed E-state index contributed by atoms with van der Waals surface area (Å²) in [5.41, 5.74) is 2.74. The van der Waals surface area contributed by atoms with Crippen LogP contribution in [0.15, 0.2) is 24.3 Å². The maximum Gasteiger partial charge on any atom is 0.0194 e. The largest absolute Gasteiger partial charge is 0.0776 e. The minimum absolute atomic E-state index is 1.25. The lowest BCUT2D eigenvalue weighted by Crippen LogP contribution is -1.74. The third-order valence-electron chi connectivity index (χ3n) is 1.43. The van der Waals surface area contributed by atoms with Crippen molar-refractivity contribution in [3.63, 3.8) is 0 Å². The fourth-order valence-electron chi connectivity index (χ4n) is 0.663. The molecule has 0 radical (unpaired) electrons. The molecule has 0 N–H and O–H groups in total. The van der Waals surface area contributed by atoms with Crippen LogP contribution in [0.25, 0.3) is 0 Å². The van der Waals surface area contributed by atoms with E-state index in [1.807, 2.05) is 0 Å². The first-order valence-electron chi connectivity index (χ1n) is 3.83. The smallest absolute Gasteiger partial charge is 0.0194 e. The summed E-state index contributed by atoms with van der Waals surface area (Å²) in [7, 11) is 1.25. The van der Waals surface area contributed by atoms with Crippen LogP contribution in [-0.4, -0.2) is 0 Å². The van der Waals surface area contributed by atoms with Gasteiger partial charge in [-0.1, -0.05) is 31.7 Å². The van der Waals surface area contributed by atoms with Gasteiger partial charge in [-0.25, -0.2) is 0 Å². The highest BCUT2D eigenvalue weighted by atomic mass is 13.9. The van der Waals surface area contributed by atoms with Gasteiger partial charge < -0.3 is 0 Å². The van der Waals surface area contributed by atoms with Crippen molar-refractivity contribution >= 4 is 0 Å². The summed E-state index contributed by atoms with van der Waals surface area (Å²) in [5, 5.41) is 0. The number of hydrogen-bond donors (Lipinski definition) is 0. The lowest BCUT2D eigenvalue weighted by molar-refractivity contribution is 1.34. The minimum Gasteiger partial charge on any atom is -0.0776 e. The molecule has 0 heterocycles. The second-order valence-electron chi connectivity index (χ2n) is 2.08. The van der Waals surface area contributed by atoms with E-state index in [4.69, 9.17) is 1.37 Å². The first kappa shape index (κ1) is 6.34. The molecule has 50 valence electrons. The predicted molar refractivity (Wildman–Crippen MR) is 42.6 cm³/mol. The van der Waals surface area contributed by atoms with E-state index >= 15 is 0 Å². The molecular weight excluding hydrogens is 108 g/mol. The zero-order chi connectivity index (χ0) is 7.98. The second kappa shape index (κ2) is 3.29. The number of rotatable bonds is 0.